The van der Waals surface area contributed by atoms with Gasteiger partial charge < -0.3 is 20.1 Å². The molecule has 0 saturated carbocycles. The maximum absolute atomic E-state index is 5.78. The fourth-order valence-corrected chi connectivity index (χ4v) is 3.54. The lowest BCUT2D eigenvalue weighted by Crippen LogP contribution is -2.37. The predicted octanol–water partition coefficient (Wildman–Crippen LogP) is 2.81. The number of aryl methyl sites for hydroxylation is 1. The van der Waals surface area contributed by atoms with Gasteiger partial charge in [-0.1, -0.05) is 6.92 Å². The van der Waals surface area contributed by atoms with Gasteiger partial charge >= 0.3 is 0 Å². The van der Waals surface area contributed by atoms with Gasteiger partial charge in [-0.25, -0.2) is 0 Å². The van der Waals surface area contributed by atoms with Crippen molar-refractivity contribution in [2.45, 2.75) is 39.2 Å². The Kier molecular flexibility index (Phi) is 9.16. The number of rotatable bonds is 9. The standard InChI is InChI=1S/C18H31N3O2S/c1-3-16-5-6-17(24-16)13-21-18(19-2)20-9-4-10-23-14-15-7-11-22-12-8-15/h5-6,15H,3-4,7-14H2,1-2H3,(H2,19,20,21). The summed E-state index contributed by atoms with van der Waals surface area (Å²) in [6.45, 7) is 7.33. The van der Waals surface area contributed by atoms with E-state index in [1.807, 2.05) is 18.4 Å². The van der Waals surface area contributed by atoms with Crippen LogP contribution in [0.15, 0.2) is 17.1 Å². The fourth-order valence-electron chi connectivity index (χ4n) is 2.64. The number of thiophene rings is 1. The average molecular weight is 354 g/mol. The van der Waals surface area contributed by atoms with E-state index in [-0.39, 0.29) is 0 Å². The lowest BCUT2D eigenvalue weighted by atomic mass is 10.0. The molecule has 0 spiro atoms. The summed E-state index contributed by atoms with van der Waals surface area (Å²) in [6, 6.07) is 4.39. The Morgan fingerprint density at radius 2 is 2.08 bits per heavy atom. The molecule has 0 unspecified atom stereocenters. The topological polar surface area (TPSA) is 54.9 Å². The maximum atomic E-state index is 5.78. The zero-order valence-corrected chi connectivity index (χ0v) is 15.8. The second-order valence-corrected chi connectivity index (χ2v) is 7.31. The molecule has 1 fully saturated rings. The molecule has 1 aliphatic rings. The van der Waals surface area contributed by atoms with Crippen LogP contribution < -0.4 is 10.6 Å². The first-order chi connectivity index (χ1) is 11.8. The van der Waals surface area contributed by atoms with Crippen molar-refractivity contribution >= 4 is 17.3 Å². The second kappa shape index (κ2) is 11.4. The first-order valence-corrected chi connectivity index (χ1v) is 9.81. The van der Waals surface area contributed by atoms with Crippen LogP contribution in [0.1, 0.15) is 35.9 Å². The number of nitrogens with zero attached hydrogens (tertiary/aromatic N) is 1. The van der Waals surface area contributed by atoms with Crippen molar-refractivity contribution in [2.75, 3.05) is 40.0 Å². The van der Waals surface area contributed by atoms with Gasteiger partial charge in [0.05, 0.1) is 6.54 Å². The third-order valence-electron chi connectivity index (χ3n) is 4.17. The fraction of sp³-hybridized carbons (Fsp3) is 0.722. The highest BCUT2D eigenvalue weighted by molar-refractivity contribution is 7.11. The Bertz CT molecular complexity index is 484. The van der Waals surface area contributed by atoms with Crippen molar-refractivity contribution in [2.24, 2.45) is 10.9 Å². The van der Waals surface area contributed by atoms with E-state index < -0.39 is 0 Å². The normalized spacial score (nSPS) is 16.3. The summed E-state index contributed by atoms with van der Waals surface area (Å²) in [4.78, 5) is 7.04. The highest BCUT2D eigenvalue weighted by Crippen LogP contribution is 2.16. The molecule has 136 valence electrons. The summed E-state index contributed by atoms with van der Waals surface area (Å²) in [7, 11) is 1.81. The van der Waals surface area contributed by atoms with Crippen molar-refractivity contribution in [1.82, 2.24) is 10.6 Å². The van der Waals surface area contributed by atoms with Gasteiger partial charge in [-0.15, -0.1) is 11.3 Å². The molecule has 0 aromatic carbocycles. The molecule has 6 heteroatoms. The molecular weight excluding hydrogens is 322 g/mol. The molecule has 1 saturated heterocycles. The number of aliphatic imine (C=N–C) groups is 1. The van der Waals surface area contributed by atoms with Gasteiger partial charge in [0.15, 0.2) is 5.96 Å². The summed E-state index contributed by atoms with van der Waals surface area (Å²) >= 11 is 1.86. The van der Waals surface area contributed by atoms with Crippen LogP contribution in [0.2, 0.25) is 0 Å². The van der Waals surface area contributed by atoms with E-state index in [1.54, 1.807) is 0 Å². The minimum Gasteiger partial charge on any atom is -0.381 e. The third kappa shape index (κ3) is 7.20. The van der Waals surface area contributed by atoms with Gasteiger partial charge in [-0.3, -0.25) is 4.99 Å². The number of guanidine groups is 1. The van der Waals surface area contributed by atoms with Crippen LogP contribution in [0.4, 0.5) is 0 Å². The van der Waals surface area contributed by atoms with E-state index in [1.165, 1.54) is 9.75 Å². The summed E-state index contributed by atoms with van der Waals surface area (Å²) < 4.78 is 11.1. The highest BCUT2D eigenvalue weighted by atomic mass is 32.1. The van der Waals surface area contributed by atoms with Crippen LogP contribution in [0.3, 0.4) is 0 Å². The number of hydrogen-bond donors (Lipinski definition) is 2. The van der Waals surface area contributed by atoms with Crippen molar-refractivity contribution in [3.63, 3.8) is 0 Å². The van der Waals surface area contributed by atoms with E-state index in [0.717, 1.165) is 71.2 Å². The van der Waals surface area contributed by atoms with Gasteiger partial charge in [0.1, 0.15) is 0 Å². The van der Waals surface area contributed by atoms with Crippen LogP contribution in [0, 0.1) is 5.92 Å². The van der Waals surface area contributed by atoms with Gasteiger partial charge in [0.2, 0.25) is 0 Å². The van der Waals surface area contributed by atoms with Crippen LogP contribution in [0.25, 0.3) is 0 Å². The lowest BCUT2D eigenvalue weighted by Gasteiger charge is -2.21. The molecule has 1 aromatic heterocycles. The molecular formula is C18H31N3O2S. The monoisotopic (exact) mass is 353 g/mol. The molecule has 1 aliphatic heterocycles. The first kappa shape index (κ1) is 19.2. The van der Waals surface area contributed by atoms with E-state index in [2.05, 4.69) is 34.7 Å². The van der Waals surface area contributed by atoms with E-state index in [0.29, 0.717) is 5.92 Å². The molecule has 0 aliphatic carbocycles. The maximum Gasteiger partial charge on any atom is 0.191 e. The summed E-state index contributed by atoms with van der Waals surface area (Å²) in [5, 5.41) is 6.70. The summed E-state index contributed by atoms with van der Waals surface area (Å²) in [5.41, 5.74) is 0. The highest BCUT2D eigenvalue weighted by Gasteiger charge is 2.13. The molecule has 2 N–H and O–H groups in total. The molecule has 0 atom stereocenters. The zero-order chi connectivity index (χ0) is 17.0. The quantitative estimate of drug-likeness (QED) is 0.407. The molecule has 5 nitrogen and oxygen atoms in total. The minimum atomic E-state index is 0.681. The second-order valence-electron chi connectivity index (χ2n) is 6.06. The van der Waals surface area contributed by atoms with Crippen LogP contribution in [-0.4, -0.2) is 46.0 Å². The molecule has 0 amide bonds. The minimum absolute atomic E-state index is 0.681. The third-order valence-corrected chi connectivity index (χ3v) is 5.40. The van der Waals surface area contributed by atoms with E-state index in [9.17, 15) is 0 Å². The molecule has 2 rings (SSSR count). The molecule has 24 heavy (non-hydrogen) atoms. The lowest BCUT2D eigenvalue weighted by molar-refractivity contribution is 0.0203. The average Bonchev–Trinajstić information content (AvgIpc) is 3.09. The Morgan fingerprint density at radius 1 is 1.29 bits per heavy atom. The number of ether oxygens (including phenoxy) is 2. The van der Waals surface area contributed by atoms with Gasteiger partial charge in [0.25, 0.3) is 0 Å². The summed E-state index contributed by atoms with van der Waals surface area (Å²) in [5.74, 6) is 1.53. The van der Waals surface area contributed by atoms with Crippen LogP contribution in [-0.2, 0) is 22.4 Å². The molecule has 1 aromatic rings. The van der Waals surface area contributed by atoms with Crippen LogP contribution in [0.5, 0.6) is 0 Å². The van der Waals surface area contributed by atoms with Crippen molar-refractivity contribution < 1.29 is 9.47 Å². The van der Waals surface area contributed by atoms with Crippen molar-refractivity contribution in [3.8, 4) is 0 Å². The Balaban J connectivity index is 1.51. The van der Waals surface area contributed by atoms with E-state index >= 15 is 0 Å². The SMILES string of the molecule is CCc1ccc(CNC(=NC)NCCCOCC2CCOCC2)s1. The Hall–Kier alpha value is -1.11. The van der Waals surface area contributed by atoms with Crippen molar-refractivity contribution in [3.05, 3.63) is 21.9 Å². The zero-order valence-electron chi connectivity index (χ0n) is 15.0. The summed E-state index contributed by atoms with van der Waals surface area (Å²) in [6.07, 6.45) is 4.36. The van der Waals surface area contributed by atoms with E-state index in [4.69, 9.17) is 9.47 Å². The molecule has 0 radical (unpaired) electrons. The molecule has 2 heterocycles. The first-order valence-electron chi connectivity index (χ1n) is 8.99. The Labute approximate surface area is 149 Å². The number of hydrogen-bond acceptors (Lipinski definition) is 4. The van der Waals surface area contributed by atoms with Crippen LogP contribution >= 0.6 is 11.3 Å². The molecule has 0 bridgehead atoms. The largest absolute Gasteiger partial charge is 0.381 e. The number of nitrogens with one attached hydrogen (secondary N) is 2. The van der Waals surface area contributed by atoms with Crippen molar-refractivity contribution in [1.29, 1.82) is 0 Å². The van der Waals surface area contributed by atoms with Gasteiger partial charge in [-0.2, -0.15) is 0 Å². The Morgan fingerprint density at radius 3 is 2.79 bits per heavy atom. The van der Waals surface area contributed by atoms with Gasteiger partial charge in [0, 0.05) is 49.8 Å². The smallest absolute Gasteiger partial charge is 0.191 e. The van der Waals surface area contributed by atoms with Gasteiger partial charge in [-0.05, 0) is 43.7 Å². The predicted molar refractivity (Wildman–Crippen MR) is 101 cm³/mol.